The van der Waals surface area contributed by atoms with Gasteiger partial charge in [0.25, 0.3) is 0 Å². The van der Waals surface area contributed by atoms with E-state index in [1.165, 1.54) is 5.56 Å². The first-order valence-corrected chi connectivity index (χ1v) is 9.02. The van der Waals surface area contributed by atoms with Gasteiger partial charge in [0.1, 0.15) is 11.1 Å². The fraction of sp³-hybridized carbons (Fsp3) is 0.556. The Hall–Kier alpha value is -1.30. The van der Waals surface area contributed by atoms with Crippen LogP contribution in [0.2, 0.25) is 0 Å². The molecule has 0 aromatic carbocycles. The van der Waals surface area contributed by atoms with E-state index in [1.54, 1.807) is 11.3 Å². The summed E-state index contributed by atoms with van der Waals surface area (Å²) in [6, 6.07) is 4.11. The number of thiazole rings is 1. The van der Waals surface area contributed by atoms with Crippen LogP contribution in [0.4, 0.5) is 0 Å². The van der Waals surface area contributed by atoms with Gasteiger partial charge in [-0.15, -0.1) is 11.3 Å². The van der Waals surface area contributed by atoms with Crippen LogP contribution in [0.15, 0.2) is 23.7 Å². The first-order chi connectivity index (χ1) is 10.9. The minimum absolute atomic E-state index is 0.0777. The molecule has 0 saturated carbocycles. The Bertz CT molecular complexity index is 662. The van der Waals surface area contributed by atoms with Gasteiger partial charge in [-0.3, -0.25) is 9.88 Å². The molecule has 124 valence electrons. The molecule has 0 unspecified atom stereocenters. The molecule has 0 radical (unpaired) electrons. The molecule has 1 saturated heterocycles. The Morgan fingerprint density at radius 1 is 1.39 bits per heavy atom. The maximum atomic E-state index is 5.97. The summed E-state index contributed by atoms with van der Waals surface area (Å²) in [6.07, 6.45) is 1.95. The lowest BCUT2D eigenvalue weighted by molar-refractivity contribution is -0.0335. The summed E-state index contributed by atoms with van der Waals surface area (Å²) in [6.45, 7) is 12.2. The summed E-state index contributed by atoms with van der Waals surface area (Å²) in [5.74, 6) is 0. The van der Waals surface area contributed by atoms with Crippen molar-refractivity contribution in [3.05, 3.63) is 45.7 Å². The highest BCUT2D eigenvalue weighted by molar-refractivity contribution is 7.09. The van der Waals surface area contributed by atoms with Gasteiger partial charge in [-0.05, 0) is 18.6 Å². The molecule has 4 nitrogen and oxygen atoms in total. The highest BCUT2D eigenvalue weighted by Gasteiger charge is 2.27. The van der Waals surface area contributed by atoms with E-state index in [0.717, 1.165) is 42.6 Å². The van der Waals surface area contributed by atoms with Crippen LogP contribution >= 0.6 is 11.3 Å². The third-order valence-electron chi connectivity index (χ3n) is 4.21. The summed E-state index contributed by atoms with van der Waals surface area (Å²) in [7, 11) is 0. The van der Waals surface area contributed by atoms with Crippen molar-refractivity contribution in [3.63, 3.8) is 0 Å². The summed E-state index contributed by atoms with van der Waals surface area (Å²) in [4.78, 5) is 11.7. The summed E-state index contributed by atoms with van der Waals surface area (Å²) >= 11 is 1.72. The molecule has 23 heavy (non-hydrogen) atoms. The Balaban J connectivity index is 1.69. The summed E-state index contributed by atoms with van der Waals surface area (Å²) in [5, 5.41) is 3.26. The topological polar surface area (TPSA) is 38.2 Å². The summed E-state index contributed by atoms with van der Waals surface area (Å²) in [5.41, 5.74) is 3.65. The molecule has 0 bridgehead atoms. The molecule has 0 aliphatic carbocycles. The van der Waals surface area contributed by atoms with E-state index in [4.69, 9.17) is 9.72 Å². The number of hydrogen-bond acceptors (Lipinski definition) is 5. The van der Waals surface area contributed by atoms with Gasteiger partial charge in [0.05, 0.1) is 18.0 Å². The lowest BCUT2D eigenvalue weighted by atomic mass is 9.93. The predicted octanol–water partition coefficient (Wildman–Crippen LogP) is 3.72. The highest BCUT2D eigenvalue weighted by atomic mass is 32.1. The third-order valence-corrected chi connectivity index (χ3v) is 5.14. The molecular formula is C18H25N3OS. The second-order valence-electron chi connectivity index (χ2n) is 7.18. The smallest absolute Gasteiger partial charge is 0.123 e. The number of aryl methyl sites for hydroxylation is 1. The Labute approximate surface area is 142 Å². The molecule has 0 spiro atoms. The molecule has 1 aliphatic rings. The van der Waals surface area contributed by atoms with Gasteiger partial charge in [-0.25, -0.2) is 4.98 Å². The van der Waals surface area contributed by atoms with E-state index in [9.17, 15) is 0 Å². The molecule has 2 aromatic heterocycles. The fourth-order valence-electron chi connectivity index (χ4n) is 2.67. The number of hydrogen-bond donors (Lipinski definition) is 0. The number of morpholine rings is 1. The van der Waals surface area contributed by atoms with Crippen molar-refractivity contribution < 1.29 is 4.74 Å². The molecule has 1 fully saturated rings. The Morgan fingerprint density at radius 3 is 2.91 bits per heavy atom. The first-order valence-electron chi connectivity index (χ1n) is 8.14. The van der Waals surface area contributed by atoms with Crippen molar-refractivity contribution in [1.29, 1.82) is 0 Å². The van der Waals surface area contributed by atoms with Crippen molar-refractivity contribution in [2.24, 2.45) is 0 Å². The van der Waals surface area contributed by atoms with E-state index in [0.29, 0.717) is 0 Å². The fourth-order valence-corrected chi connectivity index (χ4v) is 3.76. The number of nitrogens with zero attached hydrogens (tertiary/aromatic N) is 3. The minimum Gasteiger partial charge on any atom is -0.368 e. The number of ether oxygens (including phenoxy) is 1. The van der Waals surface area contributed by atoms with Gasteiger partial charge in [-0.1, -0.05) is 26.8 Å². The standard InChI is InChI=1S/C18H25N3OS/c1-13-6-5-7-19-14(13)10-21-8-9-22-15(11-21)17-20-16(12-23-17)18(2,3)4/h5-7,12,15H,8-11H2,1-4H3/t15-/m0/s1. The van der Waals surface area contributed by atoms with Crippen LogP contribution in [0.5, 0.6) is 0 Å². The maximum Gasteiger partial charge on any atom is 0.123 e. The minimum atomic E-state index is 0.0777. The van der Waals surface area contributed by atoms with Crippen LogP contribution in [0.3, 0.4) is 0 Å². The van der Waals surface area contributed by atoms with Gasteiger partial charge in [0.2, 0.25) is 0 Å². The predicted molar refractivity (Wildman–Crippen MR) is 93.8 cm³/mol. The van der Waals surface area contributed by atoms with Gasteiger partial charge in [-0.2, -0.15) is 0 Å². The quantitative estimate of drug-likeness (QED) is 0.859. The van der Waals surface area contributed by atoms with Crippen molar-refractivity contribution in [3.8, 4) is 0 Å². The van der Waals surface area contributed by atoms with Crippen molar-refractivity contribution in [2.45, 2.75) is 45.8 Å². The third kappa shape index (κ3) is 3.97. The summed E-state index contributed by atoms with van der Waals surface area (Å²) < 4.78 is 5.97. The molecule has 1 aliphatic heterocycles. The zero-order valence-corrected chi connectivity index (χ0v) is 15.2. The molecule has 3 heterocycles. The van der Waals surface area contributed by atoms with E-state index < -0.39 is 0 Å². The van der Waals surface area contributed by atoms with Crippen LogP contribution in [0.25, 0.3) is 0 Å². The second kappa shape index (κ2) is 6.67. The maximum absolute atomic E-state index is 5.97. The Kier molecular flexibility index (Phi) is 4.80. The van der Waals surface area contributed by atoms with Crippen LogP contribution < -0.4 is 0 Å². The number of aromatic nitrogens is 2. The average Bonchev–Trinajstić information content (AvgIpc) is 3.00. The molecule has 2 aromatic rings. The average molecular weight is 331 g/mol. The number of pyridine rings is 1. The zero-order chi connectivity index (χ0) is 16.4. The van der Waals surface area contributed by atoms with E-state index in [-0.39, 0.29) is 11.5 Å². The highest BCUT2D eigenvalue weighted by Crippen LogP contribution is 2.30. The van der Waals surface area contributed by atoms with Crippen LogP contribution in [-0.4, -0.2) is 34.6 Å². The van der Waals surface area contributed by atoms with Crippen LogP contribution in [0, 0.1) is 6.92 Å². The monoisotopic (exact) mass is 331 g/mol. The Morgan fingerprint density at radius 2 is 2.22 bits per heavy atom. The first kappa shape index (κ1) is 16.6. The van der Waals surface area contributed by atoms with Crippen molar-refractivity contribution in [2.75, 3.05) is 19.7 Å². The van der Waals surface area contributed by atoms with Crippen molar-refractivity contribution in [1.82, 2.24) is 14.9 Å². The second-order valence-corrected chi connectivity index (χ2v) is 8.07. The van der Waals surface area contributed by atoms with E-state index in [2.05, 4.69) is 49.0 Å². The molecular weight excluding hydrogens is 306 g/mol. The molecule has 3 rings (SSSR count). The molecule has 1 atom stereocenters. The van der Waals surface area contributed by atoms with Gasteiger partial charge in [0.15, 0.2) is 0 Å². The molecule has 0 N–H and O–H groups in total. The molecule has 5 heteroatoms. The van der Waals surface area contributed by atoms with Crippen molar-refractivity contribution >= 4 is 11.3 Å². The molecule has 0 amide bonds. The number of rotatable bonds is 3. The van der Waals surface area contributed by atoms with E-state index >= 15 is 0 Å². The van der Waals surface area contributed by atoms with Gasteiger partial charge in [0, 0.05) is 36.6 Å². The SMILES string of the molecule is Cc1cccnc1CN1CCO[C@H](c2nc(C(C)(C)C)cs2)C1. The zero-order valence-electron chi connectivity index (χ0n) is 14.4. The lowest BCUT2D eigenvalue weighted by Crippen LogP contribution is -2.38. The van der Waals surface area contributed by atoms with E-state index in [1.807, 2.05) is 12.3 Å². The largest absolute Gasteiger partial charge is 0.368 e. The van der Waals surface area contributed by atoms with Gasteiger partial charge >= 0.3 is 0 Å². The van der Waals surface area contributed by atoms with Crippen LogP contribution in [-0.2, 0) is 16.7 Å². The van der Waals surface area contributed by atoms with Gasteiger partial charge < -0.3 is 4.74 Å². The normalized spacial score (nSPS) is 19.9. The lowest BCUT2D eigenvalue weighted by Gasteiger charge is -2.32. The van der Waals surface area contributed by atoms with Crippen LogP contribution in [0.1, 0.15) is 48.8 Å².